The molecule has 7 heteroatoms. The second kappa shape index (κ2) is 9.86. The fourth-order valence-corrected chi connectivity index (χ4v) is 4.88. The summed E-state index contributed by atoms with van der Waals surface area (Å²) in [5.41, 5.74) is 5.76. The summed E-state index contributed by atoms with van der Waals surface area (Å²) in [6, 6.07) is 18.6. The van der Waals surface area contributed by atoms with Gasteiger partial charge in [-0.2, -0.15) is 5.21 Å². The Bertz CT molecular complexity index is 1460. The zero-order valence-electron chi connectivity index (χ0n) is 18.9. The highest BCUT2D eigenvalue weighted by Crippen LogP contribution is 2.35. The number of fused-ring (bicyclic) bond motifs is 1. The second-order valence-corrected chi connectivity index (χ2v) is 8.88. The van der Waals surface area contributed by atoms with E-state index in [2.05, 4.69) is 80.1 Å². The van der Waals surface area contributed by atoms with Crippen LogP contribution < -0.4 is 4.74 Å². The summed E-state index contributed by atoms with van der Waals surface area (Å²) in [4.78, 5) is 4.61. The lowest BCUT2D eigenvalue weighted by Gasteiger charge is -2.11. The van der Waals surface area contributed by atoms with Crippen molar-refractivity contribution in [2.75, 3.05) is 0 Å². The molecule has 0 unspecified atom stereocenters. The molecule has 0 spiro atoms. The number of thiophene rings is 1. The standard InChI is InChI=1S/C27H23N5OS/c1-3-6-20(13-27-29-31-32-30-27)19-9-11-22(12-10-19)33-16-21-14-24-25(17-34-26(24)15-28-21)23-8-5-4-7-18(23)2/h4-5,7-12,14-15,17,20H,13,16H2,1-2H3,(H,29,30,31,32)/t20-/m0/s1. The monoisotopic (exact) mass is 465 g/mol. The maximum absolute atomic E-state index is 6.05. The van der Waals surface area contributed by atoms with Crippen LogP contribution in [0, 0.1) is 18.8 Å². The molecule has 0 aliphatic carbocycles. The molecule has 0 aliphatic rings. The maximum atomic E-state index is 6.05. The van der Waals surface area contributed by atoms with Crippen LogP contribution in [0.2, 0.25) is 0 Å². The van der Waals surface area contributed by atoms with E-state index < -0.39 is 0 Å². The first-order valence-electron chi connectivity index (χ1n) is 11.0. The predicted molar refractivity (Wildman–Crippen MR) is 135 cm³/mol. The smallest absolute Gasteiger partial charge is 0.176 e. The third-order valence-corrected chi connectivity index (χ3v) is 6.65. The fraction of sp³-hybridized carbons (Fsp3) is 0.185. The first-order chi connectivity index (χ1) is 16.7. The predicted octanol–water partition coefficient (Wildman–Crippen LogP) is 5.71. The van der Waals surface area contributed by atoms with Gasteiger partial charge in [-0.15, -0.1) is 27.5 Å². The van der Waals surface area contributed by atoms with E-state index in [4.69, 9.17) is 4.74 Å². The molecule has 0 amide bonds. The summed E-state index contributed by atoms with van der Waals surface area (Å²) in [5.74, 6) is 7.66. The highest BCUT2D eigenvalue weighted by molar-refractivity contribution is 7.17. The first-order valence-corrected chi connectivity index (χ1v) is 11.9. The number of benzene rings is 2. The molecule has 0 fully saturated rings. The summed E-state index contributed by atoms with van der Waals surface area (Å²) in [6.07, 6.45) is 2.54. The number of aromatic nitrogens is 5. The van der Waals surface area contributed by atoms with E-state index in [1.165, 1.54) is 26.8 Å². The van der Waals surface area contributed by atoms with Crippen LogP contribution in [0.15, 0.2) is 66.2 Å². The van der Waals surface area contributed by atoms with Crippen molar-refractivity contribution in [2.24, 2.45) is 0 Å². The Morgan fingerprint density at radius 3 is 2.71 bits per heavy atom. The minimum Gasteiger partial charge on any atom is -0.487 e. The molecule has 5 rings (SSSR count). The number of hydrogen-bond acceptors (Lipinski definition) is 6. The summed E-state index contributed by atoms with van der Waals surface area (Å²) in [6.45, 7) is 4.38. The SMILES string of the molecule is CC#C[C@@H](Cc1nn[nH]n1)c1ccc(OCc2cc3c(-c4ccccc4C)csc3cn2)cc1. The number of pyridine rings is 1. The average molecular weight is 466 g/mol. The van der Waals surface area contributed by atoms with E-state index in [0.29, 0.717) is 18.9 Å². The first kappa shape index (κ1) is 21.8. The van der Waals surface area contributed by atoms with Gasteiger partial charge in [-0.05, 0) is 54.1 Å². The molecular weight excluding hydrogens is 442 g/mol. The van der Waals surface area contributed by atoms with Crippen molar-refractivity contribution >= 4 is 21.4 Å². The van der Waals surface area contributed by atoms with Crippen LogP contribution in [0.25, 0.3) is 21.2 Å². The van der Waals surface area contributed by atoms with Crippen molar-refractivity contribution in [3.8, 4) is 28.7 Å². The molecule has 0 aliphatic heterocycles. The van der Waals surface area contributed by atoms with Crippen LogP contribution in [0.4, 0.5) is 0 Å². The molecule has 1 N–H and O–H groups in total. The highest BCUT2D eigenvalue weighted by atomic mass is 32.1. The number of ether oxygens (including phenoxy) is 1. The van der Waals surface area contributed by atoms with Gasteiger partial charge in [0.1, 0.15) is 12.4 Å². The van der Waals surface area contributed by atoms with Crippen molar-refractivity contribution in [1.29, 1.82) is 0 Å². The number of H-pyrrole nitrogens is 1. The van der Waals surface area contributed by atoms with E-state index in [1.807, 2.05) is 37.4 Å². The molecule has 3 heterocycles. The number of rotatable bonds is 7. The van der Waals surface area contributed by atoms with Gasteiger partial charge in [0.05, 0.1) is 16.3 Å². The van der Waals surface area contributed by atoms with Crippen molar-refractivity contribution in [1.82, 2.24) is 25.6 Å². The van der Waals surface area contributed by atoms with Crippen molar-refractivity contribution in [3.05, 3.63) is 88.8 Å². The minimum absolute atomic E-state index is 0.000760. The molecule has 34 heavy (non-hydrogen) atoms. The van der Waals surface area contributed by atoms with Gasteiger partial charge in [-0.25, -0.2) is 0 Å². The van der Waals surface area contributed by atoms with Crippen LogP contribution in [0.3, 0.4) is 0 Å². The Morgan fingerprint density at radius 1 is 1.09 bits per heavy atom. The molecule has 3 aromatic heterocycles. The molecule has 2 aromatic carbocycles. The number of nitrogens with zero attached hydrogens (tertiary/aromatic N) is 4. The Balaban J connectivity index is 1.31. The number of aryl methyl sites for hydroxylation is 1. The zero-order valence-corrected chi connectivity index (χ0v) is 19.8. The van der Waals surface area contributed by atoms with Gasteiger partial charge < -0.3 is 4.74 Å². The number of nitrogens with one attached hydrogen (secondary N) is 1. The van der Waals surface area contributed by atoms with Gasteiger partial charge in [0.2, 0.25) is 0 Å². The van der Waals surface area contributed by atoms with E-state index in [9.17, 15) is 0 Å². The van der Waals surface area contributed by atoms with Crippen molar-refractivity contribution in [2.45, 2.75) is 32.8 Å². The Hall–Kier alpha value is -4.02. The topological polar surface area (TPSA) is 76.6 Å². The van der Waals surface area contributed by atoms with Crippen LogP contribution in [0.5, 0.6) is 5.75 Å². The third kappa shape index (κ3) is 4.68. The van der Waals surface area contributed by atoms with Gasteiger partial charge >= 0.3 is 0 Å². The molecule has 0 saturated carbocycles. The van der Waals surface area contributed by atoms with Crippen LogP contribution in [0.1, 0.15) is 35.5 Å². The lowest BCUT2D eigenvalue weighted by atomic mass is 9.96. The van der Waals surface area contributed by atoms with Gasteiger partial charge in [0.15, 0.2) is 5.82 Å². The summed E-state index contributed by atoms with van der Waals surface area (Å²) in [5, 5.41) is 17.6. The van der Waals surface area contributed by atoms with E-state index in [0.717, 1.165) is 17.0 Å². The minimum atomic E-state index is -0.000760. The fourth-order valence-electron chi connectivity index (χ4n) is 3.97. The van der Waals surface area contributed by atoms with E-state index in [-0.39, 0.29) is 5.92 Å². The lowest BCUT2D eigenvalue weighted by Crippen LogP contribution is -2.03. The van der Waals surface area contributed by atoms with Crippen LogP contribution in [-0.2, 0) is 13.0 Å². The zero-order chi connectivity index (χ0) is 23.3. The average Bonchev–Trinajstić information content (AvgIpc) is 3.53. The molecule has 6 nitrogen and oxygen atoms in total. The van der Waals surface area contributed by atoms with E-state index in [1.54, 1.807) is 11.3 Å². The summed E-state index contributed by atoms with van der Waals surface area (Å²) < 4.78 is 7.23. The number of tetrazole rings is 1. The number of aromatic amines is 1. The lowest BCUT2D eigenvalue weighted by molar-refractivity contribution is 0.301. The Morgan fingerprint density at radius 2 is 1.94 bits per heavy atom. The van der Waals surface area contributed by atoms with Crippen LogP contribution in [-0.4, -0.2) is 25.6 Å². The third-order valence-electron chi connectivity index (χ3n) is 5.72. The molecule has 0 saturated heterocycles. The van der Waals surface area contributed by atoms with E-state index >= 15 is 0 Å². The molecule has 0 bridgehead atoms. The van der Waals surface area contributed by atoms with Gasteiger partial charge in [-0.3, -0.25) is 4.98 Å². The maximum Gasteiger partial charge on any atom is 0.176 e. The molecule has 1 atom stereocenters. The summed E-state index contributed by atoms with van der Waals surface area (Å²) in [7, 11) is 0. The molecule has 5 aromatic rings. The quantitative estimate of drug-likeness (QED) is 0.311. The largest absolute Gasteiger partial charge is 0.487 e. The van der Waals surface area contributed by atoms with Gasteiger partial charge in [0.25, 0.3) is 0 Å². The highest BCUT2D eigenvalue weighted by Gasteiger charge is 2.13. The normalized spacial score (nSPS) is 11.7. The molecule has 168 valence electrons. The van der Waals surface area contributed by atoms with Crippen molar-refractivity contribution < 1.29 is 4.74 Å². The van der Waals surface area contributed by atoms with Gasteiger partial charge in [0, 0.05) is 23.6 Å². The number of hydrogen-bond donors (Lipinski definition) is 1. The Kier molecular flexibility index (Phi) is 6.32. The second-order valence-electron chi connectivity index (χ2n) is 7.97. The molecular formula is C27H23N5OS. The van der Waals surface area contributed by atoms with Crippen molar-refractivity contribution in [3.63, 3.8) is 0 Å². The molecule has 0 radical (unpaired) electrons. The summed E-state index contributed by atoms with van der Waals surface area (Å²) >= 11 is 1.72. The Labute approximate surface area is 202 Å². The van der Waals surface area contributed by atoms with Crippen LogP contribution >= 0.6 is 11.3 Å². The van der Waals surface area contributed by atoms with Gasteiger partial charge in [-0.1, -0.05) is 47.5 Å².